The Hall–Kier alpha value is -1.84. The Labute approximate surface area is 126 Å². The molecule has 0 saturated heterocycles. The summed E-state index contributed by atoms with van der Waals surface area (Å²) in [4.78, 5) is 23.6. The van der Waals surface area contributed by atoms with E-state index >= 15 is 0 Å². The lowest BCUT2D eigenvalue weighted by molar-refractivity contribution is -0.139. The largest absolute Gasteiger partial charge is 0.345 e. The van der Waals surface area contributed by atoms with Gasteiger partial charge in [-0.15, -0.1) is 0 Å². The minimum Gasteiger partial charge on any atom is -0.345 e. The molecule has 0 unspecified atom stereocenters. The third-order valence-electron chi connectivity index (χ3n) is 4.13. The van der Waals surface area contributed by atoms with Crippen LogP contribution in [-0.4, -0.2) is 17.9 Å². The third kappa shape index (κ3) is 4.88. The van der Waals surface area contributed by atoms with E-state index in [-0.39, 0.29) is 6.04 Å². The second kappa shape index (κ2) is 7.25. The molecule has 1 fully saturated rings. The van der Waals surface area contributed by atoms with Crippen LogP contribution in [0.5, 0.6) is 0 Å². The molecule has 0 radical (unpaired) electrons. The van der Waals surface area contributed by atoms with Gasteiger partial charge < -0.3 is 10.6 Å². The molecule has 2 N–H and O–H groups in total. The van der Waals surface area contributed by atoms with Crippen LogP contribution < -0.4 is 10.6 Å². The topological polar surface area (TPSA) is 58.2 Å². The number of hydrogen-bond donors (Lipinski definition) is 2. The molecule has 114 valence electrons. The lowest BCUT2D eigenvalue weighted by atomic mass is 9.87. The second-order valence-electron chi connectivity index (χ2n) is 6.10. The van der Waals surface area contributed by atoms with Crippen molar-refractivity contribution in [2.75, 3.05) is 0 Å². The van der Waals surface area contributed by atoms with Crippen molar-refractivity contribution in [2.45, 2.75) is 52.1 Å². The summed E-state index contributed by atoms with van der Waals surface area (Å²) in [5.41, 5.74) is 2.17. The maximum atomic E-state index is 11.8. The van der Waals surface area contributed by atoms with E-state index in [1.807, 2.05) is 31.2 Å². The van der Waals surface area contributed by atoms with Crippen LogP contribution in [0.2, 0.25) is 0 Å². The Morgan fingerprint density at radius 2 is 1.67 bits per heavy atom. The van der Waals surface area contributed by atoms with Crippen LogP contribution in [0.3, 0.4) is 0 Å². The summed E-state index contributed by atoms with van der Waals surface area (Å²) < 4.78 is 0. The van der Waals surface area contributed by atoms with Gasteiger partial charge in [0.05, 0.1) is 0 Å². The molecule has 1 aromatic rings. The van der Waals surface area contributed by atoms with Crippen LogP contribution in [-0.2, 0) is 16.1 Å². The average molecular weight is 288 g/mol. The van der Waals surface area contributed by atoms with Gasteiger partial charge in [0.15, 0.2) is 0 Å². The zero-order chi connectivity index (χ0) is 15.2. The fourth-order valence-corrected chi connectivity index (χ4v) is 2.62. The van der Waals surface area contributed by atoms with E-state index in [1.54, 1.807) is 0 Å². The Morgan fingerprint density at radius 1 is 1.05 bits per heavy atom. The Kier molecular flexibility index (Phi) is 5.37. The minimum absolute atomic E-state index is 0.152. The van der Waals surface area contributed by atoms with Crippen LogP contribution in [0, 0.1) is 12.8 Å². The molecule has 0 bridgehead atoms. The number of amides is 2. The van der Waals surface area contributed by atoms with Crippen molar-refractivity contribution >= 4 is 11.8 Å². The van der Waals surface area contributed by atoms with E-state index < -0.39 is 11.8 Å². The predicted molar refractivity (Wildman–Crippen MR) is 82.6 cm³/mol. The summed E-state index contributed by atoms with van der Waals surface area (Å²) in [6.45, 7) is 4.63. The van der Waals surface area contributed by atoms with Gasteiger partial charge in [-0.1, -0.05) is 36.8 Å². The summed E-state index contributed by atoms with van der Waals surface area (Å²) >= 11 is 0. The molecule has 4 heteroatoms. The first-order chi connectivity index (χ1) is 10.0. The van der Waals surface area contributed by atoms with E-state index in [9.17, 15) is 9.59 Å². The number of carbonyl (C=O) groups is 2. The molecule has 1 aliphatic rings. The zero-order valence-corrected chi connectivity index (χ0v) is 12.8. The monoisotopic (exact) mass is 288 g/mol. The van der Waals surface area contributed by atoms with Gasteiger partial charge >= 0.3 is 11.8 Å². The molecule has 1 aromatic carbocycles. The van der Waals surface area contributed by atoms with E-state index in [1.165, 1.54) is 5.56 Å². The zero-order valence-electron chi connectivity index (χ0n) is 12.8. The number of carbonyl (C=O) groups excluding carboxylic acids is 2. The van der Waals surface area contributed by atoms with Crippen molar-refractivity contribution in [3.63, 3.8) is 0 Å². The van der Waals surface area contributed by atoms with Crippen molar-refractivity contribution in [3.8, 4) is 0 Å². The average Bonchev–Trinajstić information content (AvgIpc) is 2.48. The smallest absolute Gasteiger partial charge is 0.309 e. The lowest BCUT2D eigenvalue weighted by Crippen LogP contribution is -2.45. The van der Waals surface area contributed by atoms with Crippen LogP contribution >= 0.6 is 0 Å². The number of benzene rings is 1. The highest BCUT2D eigenvalue weighted by molar-refractivity contribution is 6.35. The first-order valence-electron chi connectivity index (χ1n) is 7.69. The summed E-state index contributed by atoms with van der Waals surface area (Å²) in [5.74, 6) is -0.329. The summed E-state index contributed by atoms with van der Waals surface area (Å²) in [5, 5.41) is 5.50. The SMILES string of the molecule is Cc1ccc(CNC(=O)C(=O)NC2CCC(C)CC2)cc1. The van der Waals surface area contributed by atoms with E-state index in [2.05, 4.69) is 17.6 Å². The molecule has 0 heterocycles. The summed E-state index contributed by atoms with van der Waals surface area (Å²) in [7, 11) is 0. The van der Waals surface area contributed by atoms with Gasteiger partial charge in [-0.05, 0) is 44.1 Å². The molecular weight excluding hydrogens is 264 g/mol. The van der Waals surface area contributed by atoms with Gasteiger partial charge in [-0.25, -0.2) is 0 Å². The predicted octanol–water partition coefficient (Wildman–Crippen LogP) is 2.31. The van der Waals surface area contributed by atoms with E-state index in [4.69, 9.17) is 0 Å². The molecule has 21 heavy (non-hydrogen) atoms. The van der Waals surface area contributed by atoms with E-state index in [0.29, 0.717) is 6.54 Å². The highest BCUT2D eigenvalue weighted by Gasteiger charge is 2.22. The van der Waals surface area contributed by atoms with Gasteiger partial charge in [0, 0.05) is 12.6 Å². The van der Waals surface area contributed by atoms with Crippen LogP contribution in [0.15, 0.2) is 24.3 Å². The fraction of sp³-hybridized carbons (Fsp3) is 0.529. The number of nitrogens with one attached hydrogen (secondary N) is 2. The normalized spacial score (nSPS) is 21.6. The molecule has 2 amide bonds. The van der Waals surface area contributed by atoms with Crippen LogP contribution in [0.4, 0.5) is 0 Å². The Balaban J connectivity index is 1.75. The number of aryl methyl sites for hydroxylation is 1. The van der Waals surface area contributed by atoms with Crippen molar-refractivity contribution < 1.29 is 9.59 Å². The quantitative estimate of drug-likeness (QED) is 0.839. The van der Waals surface area contributed by atoms with Gasteiger partial charge in [-0.2, -0.15) is 0 Å². The Bertz CT molecular complexity index is 488. The number of rotatable bonds is 3. The molecule has 1 aliphatic carbocycles. The third-order valence-corrected chi connectivity index (χ3v) is 4.13. The first-order valence-corrected chi connectivity index (χ1v) is 7.69. The second-order valence-corrected chi connectivity index (χ2v) is 6.10. The van der Waals surface area contributed by atoms with Gasteiger partial charge in [-0.3, -0.25) is 9.59 Å². The van der Waals surface area contributed by atoms with Crippen molar-refractivity contribution in [2.24, 2.45) is 5.92 Å². The Morgan fingerprint density at radius 3 is 2.29 bits per heavy atom. The minimum atomic E-state index is -0.547. The van der Waals surface area contributed by atoms with Crippen molar-refractivity contribution in [1.82, 2.24) is 10.6 Å². The first kappa shape index (κ1) is 15.5. The molecule has 1 saturated carbocycles. The molecule has 4 nitrogen and oxygen atoms in total. The van der Waals surface area contributed by atoms with E-state index in [0.717, 1.165) is 37.2 Å². The molecular formula is C17H24N2O2. The standard InChI is InChI=1S/C17H24N2O2/c1-12-3-7-14(8-4-12)11-18-16(20)17(21)19-15-9-5-13(2)6-10-15/h3-4,7-8,13,15H,5-6,9-11H2,1-2H3,(H,18,20)(H,19,21). The van der Waals surface area contributed by atoms with Crippen molar-refractivity contribution in [3.05, 3.63) is 35.4 Å². The summed E-state index contributed by atoms with van der Waals surface area (Å²) in [6.07, 6.45) is 4.18. The maximum Gasteiger partial charge on any atom is 0.309 e. The molecule has 0 atom stereocenters. The maximum absolute atomic E-state index is 11.8. The van der Waals surface area contributed by atoms with Crippen molar-refractivity contribution in [1.29, 1.82) is 0 Å². The highest BCUT2D eigenvalue weighted by Crippen LogP contribution is 2.23. The molecule has 0 aromatic heterocycles. The molecule has 0 spiro atoms. The van der Waals surface area contributed by atoms with Gasteiger partial charge in [0.1, 0.15) is 0 Å². The lowest BCUT2D eigenvalue weighted by Gasteiger charge is -2.26. The van der Waals surface area contributed by atoms with Gasteiger partial charge in [0.25, 0.3) is 0 Å². The van der Waals surface area contributed by atoms with Crippen LogP contribution in [0.25, 0.3) is 0 Å². The van der Waals surface area contributed by atoms with Gasteiger partial charge in [0.2, 0.25) is 0 Å². The highest BCUT2D eigenvalue weighted by atomic mass is 16.2. The molecule has 2 rings (SSSR count). The fourth-order valence-electron chi connectivity index (χ4n) is 2.62. The number of hydrogen-bond acceptors (Lipinski definition) is 2. The van der Waals surface area contributed by atoms with Crippen LogP contribution in [0.1, 0.15) is 43.7 Å². The summed E-state index contributed by atoms with van der Waals surface area (Å²) in [6, 6.07) is 8.04. The molecule has 0 aliphatic heterocycles.